The van der Waals surface area contributed by atoms with Crippen LogP contribution in [-0.2, 0) is 11.4 Å². The van der Waals surface area contributed by atoms with Crippen LogP contribution in [0.1, 0.15) is 24.8 Å². The zero-order valence-corrected chi connectivity index (χ0v) is 11.0. The summed E-state index contributed by atoms with van der Waals surface area (Å²) in [4.78, 5) is 23.9. The number of primary amides is 1. The second-order valence-electron chi connectivity index (χ2n) is 4.85. The van der Waals surface area contributed by atoms with Gasteiger partial charge in [0.25, 0.3) is 5.69 Å². The molecule has 20 heavy (non-hydrogen) atoms. The van der Waals surface area contributed by atoms with Crippen molar-refractivity contribution in [2.45, 2.75) is 31.9 Å². The van der Waals surface area contributed by atoms with Gasteiger partial charge in [-0.3, -0.25) is 14.9 Å². The van der Waals surface area contributed by atoms with Gasteiger partial charge in [0, 0.05) is 12.6 Å². The standard InChI is InChI=1S/C13H17N3O4/c14-13(18)11-3-1-2-6-15(11)10-5-4-9(8-17)7-12(10)16(19)20/h4-5,7,11,17H,1-3,6,8H2,(H2,14,18). The molecule has 1 saturated heterocycles. The van der Waals surface area contributed by atoms with Gasteiger partial charge >= 0.3 is 0 Å². The van der Waals surface area contributed by atoms with E-state index in [2.05, 4.69) is 0 Å². The number of nitrogens with two attached hydrogens (primary N) is 1. The highest BCUT2D eigenvalue weighted by molar-refractivity contribution is 5.85. The molecular formula is C13H17N3O4. The number of nitro groups is 1. The van der Waals surface area contributed by atoms with E-state index in [1.807, 2.05) is 0 Å². The Kier molecular flexibility index (Phi) is 4.19. The summed E-state index contributed by atoms with van der Waals surface area (Å²) in [7, 11) is 0. The Morgan fingerprint density at radius 1 is 1.50 bits per heavy atom. The highest BCUT2D eigenvalue weighted by Crippen LogP contribution is 2.33. The van der Waals surface area contributed by atoms with Crippen LogP contribution in [0.15, 0.2) is 18.2 Å². The third-order valence-electron chi connectivity index (χ3n) is 3.56. The Morgan fingerprint density at radius 2 is 2.25 bits per heavy atom. The van der Waals surface area contributed by atoms with Gasteiger partial charge in [-0.05, 0) is 30.9 Å². The van der Waals surface area contributed by atoms with Crippen LogP contribution in [0.3, 0.4) is 0 Å². The van der Waals surface area contributed by atoms with Crippen LogP contribution in [0.25, 0.3) is 0 Å². The molecule has 7 nitrogen and oxygen atoms in total. The minimum absolute atomic E-state index is 0.107. The van der Waals surface area contributed by atoms with Gasteiger partial charge in [0.1, 0.15) is 11.7 Å². The number of hydrogen-bond donors (Lipinski definition) is 2. The Morgan fingerprint density at radius 3 is 2.85 bits per heavy atom. The highest BCUT2D eigenvalue weighted by Gasteiger charge is 2.31. The van der Waals surface area contributed by atoms with Crippen molar-refractivity contribution in [2.24, 2.45) is 5.73 Å². The molecule has 2 rings (SSSR count). The average Bonchev–Trinajstić information content (AvgIpc) is 2.46. The number of aliphatic hydroxyl groups is 1. The molecule has 0 radical (unpaired) electrons. The number of benzene rings is 1. The van der Waals surface area contributed by atoms with Crippen molar-refractivity contribution in [3.63, 3.8) is 0 Å². The molecule has 0 spiro atoms. The van der Waals surface area contributed by atoms with Crippen molar-refractivity contribution in [3.8, 4) is 0 Å². The third kappa shape index (κ3) is 2.72. The Hall–Kier alpha value is -2.15. The van der Waals surface area contributed by atoms with Crippen LogP contribution in [0.4, 0.5) is 11.4 Å². The van der Waals surface area contributed by atoms with E-state index in [-0.39, 0.29) is 12.3 Å². The van der Waals surface area contributed by atoms with Crippen molar-refractivity contribution >= 4 is 17.3 Å². The maximum Gasteiger partial charge on any atom is 0.292 e. The van der Waals surface area contributed by atoms with Crippen LogP contribution in [0, 0.1) is 10.1 Å². The molecular weight excluding hydrogens is 262 g/mol. The summed E-state index contributed by atoms with van der Waals surface area (Å²) in [6.07, 6.45) is 2.35. The fourth-order valence-electron chi connectivity index (χ4n) is 2.57. The summed E-state index contributed by atoms with van der Waals surface area (Å²) in [6, 6.07) is 4.02. The summed E-state index contributed by atoms with van der Waals surface area (Å²) in [6.45, 7) is 0.299. The Labute approximate surface area is 116 Å². The predicted molar refractivity (Wildman–Crippen MR) is 73.2 cm³/mol. The molecule has 108 valence electrons. The Bertz CT molecular complexity index is 532. The lowest BCUT2D eigenvalue weighted by atomic mass is 10.00. The molecule has 0 aromatic heterocycles. The molecule has 1 atom stereocenters. The molecule has 0 bridgehead atoms. The Balaban J connectivity index is 2.44. The summed E-state index contributed by atoms with van der Waals surface area (Å²) < 4.78 is 0. The van der Waals surface area contributed by atoms with Gasteiger partial charge in [0.15, 0.2) is 0 Å². The van der Waals surface area contributed by atoms with Crippen LogP contribution in [0.5, 0.6) is 0 Å². The molecule has 1 heterocycles. The number of carbonyl (C=O) groups excluding carboxylic acids is 1. The van der Waals surface area contributed by atoms with E-state index in [0.29, 0.717) is 24.2 Å². The minimum atomic E-state index is -0.512. The van der Waals surface area contributed by atoms with Gasteiger partial charge in [-0.15, -0.1) is 0 Å². The predicted octanol–water partition coefficient (Wildman–Crippen LogP) is 0.931. The molecule has 1 aliphatic heterocycles. The number of carbonyl (C=O) groups is 1. The van der Waals surface area contributed by atoms with Crippen molar-refractivity contribution in [1.82, 2.24) is 0 Å². The number of hydrogen-bond acceptors (Lipinski definition) is 5. The van der Waals surface area contributed by atoms with Gasteiger partial charge in [-0.2, -0.15) is 0 Å². The molecule has 0 saturated carbocycles. The molecule has 1 fully saturated rings. The van der Waals surface area contributed by atoms with Gasteiger partial charge in [0.2, 0.25) is 5.91 Å². The number of nitro benzene ring substituents is 1. The van der Waals surface area contributed by atoms with Crippen molar-refractivity contribution in [2.75, 3.05) is 11.4 Å². The van der Waals surface area contributed by atoms with Crippen LogP contribution in [0.2, 0.25) is 0 Å². The van der Waals surface area contributed by atoms with E-state index < -0.39 is 16.9 Å². The zero-order valence-electron chi connectivity index (χ0n) is 11.0. The zero-order chi connectivity index (χ0) is 14.7. The SMILES string of the molecule is NC(=O)C1CCCCN1c1ccc(CO)cc1[N+](=O)[O-]. The summed E-state index contributed by atoms with van der Waals surface area (Å²) in [5.74, 6) is -0.467. The maximum atomic E-state index is 11.5. The second-order valence-corrected chi connectivity index (χ2v) is 4.85. The first kappa shape index (κ1) is 14.3. The molecule has 0 aliphatic carbocycles. The second kappa shape index (κ2) is 5.87. The monoisotopic (exact) mass is 279 g/mol. The van der Waals surface area contributed by atoms with Crippen LogP contribution < -0.4 is 10.6 Å². The summed E-state index contributed by atoms with van der Waals surface area (Å²) >= 11 is 0. The first-order chi connectivity index (χ1) is 9.54. The fraction of sp³-hybridized carbons (Fsp3) is 0.462. The quantitative estimate of drug-likeness (QED) is 0.629. The third-order valence-corrected chi connectivity index (χ3v) is 3.56. The smallest absolute Gasteiger partial charge is 0.292 e. The van der Waals surface area contributed by atoms with E-state index in [1.165, 1.54) is 6.07 Å². The highest BCUT2D eigenvalue weighted by atomic mass is 16.6. The number of aliphatic hydroxyl groups excluding tert-OH is 1. The van der Waals surface area contributed by atoms with Crippen LogP contribution >= 0.6 is 0 Å². The number of piperidine rings is 1. The van der Waals surface area contributed by atoms with Gasteiger partial charge in [-0.25, -0.2) is 0 Å². The molecule has 1 aromatic rings. The minimum Gasteiger partial charge on any atom is -0.392 e. The number of nitrogens with zero attached hydrogens (tertiary/aromatic N) is 2. The molecule has 7 heteroatoms. The van der Waals surface area contributed by atoms with Crippen molar-refractivity contribution < 1.29 is 14.8 Å². The fourth-order valence-corrected chi connectivity index (χ4v) is 2.57. The number of amides is 1. The number of rotatable bonds is 4. The normalized spacial score (nSPS) is 18.9. The summed E-state index contributed by atoms with van der Waals surface area (Å²) in [5, 5.41) is 20.3. The van der Waals surface area contributed by atoms with E-state index >= 15 is 0 Å². The first-order valence-electron chi connectivity index (χ1n) is 6.48. The van der Waals surface area contributed by atoms with E-state index in [0.717, 1.165) is 12.8 Å². The molecule has 3 N–H and O–H groups in total. The van der Waals surface area contributed by atoms with Crippen molar-refractivity contribution in [1.29, 1.82) is 0 Å². The van der Waals surface area contributed by atoms with Crippen LogP contribution in [-0.4, -0.2) is 28.5 Å². The lowest BCUT2D eigenvalue weighted by Crippen LogP contribution is -2.48. The van der Waals surface area contributed by atoms with Gasteiger partial charge < -0.3 is 15.7 Å². The number of anilines is 1. The molecule has 1 amide bonds. The molecule has 1 aliphatic rings. The van der Waals surface area contributed by atoms with Gasteiger partial charge in [0.05, 0.1) is 11.5 Å². The maximum absolute atomic E-state index is 11.5. The first-order valence-corrected chi connectivity index (χ1v) is 6.48. The molecule has 1 aromatic carbocycles. The topological polar surface area (TPSA) is 110 Å². The van der Waals surface area contributed by atoms with E-state index in [4.69, 9.17) is 10.8 Å². The largest absolute Gasteiger partial charge is 0.392 e. The van der Waals surface area contributed by atoms with E-state index in [9.17, 15) is 14.9 Å². The summed E-state index contributed by atoms with van der Waals surface area (Å²) in [5.41, 5.74) is 6.13. The lowest BCUT2D eigenvalue weighted by molar-refractivity contribution is -0.384. The van der Waals surface area contributed by atoms with Gasteiger partial charge in [-0.1, -0.05) is 6.07 Å². The van der Waals surface area contributed by atoms with E-state index in [1.54, 1.807) is 17.0 Å². The lowest BCUT2D eigenvalue weighted by Gasteiger charge is -2.35. The molecule has 1 unspecified atom stereocenters. The van der Waals surface area contributed by atoms with Crippen molar-refractivity contribution in [3.05, 3.63) is 33.9 Å². The average molecular weight is 279 g/mol.